The van der Waals surface area contributed by atoms with Crippen molar-refractivity contribution in [3.05, 3.63) is 0 Å². The van der Waals surface area contributed by atoms with Crippen molar-refractivity contribution in [2.75, 3.05) is 6.54 Å². The summed E-state index contributed by atoms with van der Waals surface area (Å²) in [5.41, 5.74) is 10.4. The van der Waals surface area contributed by atoms with Crippen molar-refractivity contribution in [1.82, 2.24) is 10.9 Å². The number of nitrogens with two attached hydrogens (primary N) is 1. The van der Waals surface area contributed by atoms with Crippen LogP contribution in [0.15, 0.2) is 0 Å². The van der Waals surface area contributed by atoms with Crippen molar-refractivity contribution >= 4 is 11.9 Å². The molecule has 7 heteroatoms. The Kier molecular flexibility index (Phi) is 8.29. The van der Waals surface area contributed by atoms with Crippen molar-refractivity contribution < 1.29 is 19.8 Å². The Labute approximate surface area is 100 Å². The average molecular weight is 247 g/mol. The van der Waals surface area contributed by atoms with Gasteiger partial charge in [0.1, 0.15) is 12.1 Å². The van der Waals surface area contributed by atoms with Gasteiger partial charge in [-0.2, -0.15) is 0 Å². The molecule has 0 bridgehead atoms. The Morgan fingerprint density at radius 1 is 1.12 bits per heavy atom. The maximum Gasteiger partial charge on any atom is 0.322 e. The zero-order chi connectivity index (χ0) is 13.3. The van der Waals surface area contributed by atoms with Gasteiger partial charge in [0.15, 0.2) is 0 Å². The fourth-order valence-electron chi connectivity index (χ4n) is 1.29. The Balaban J connectivity index is 4.07. The molecule has 0 aliphatic rings. The van der Waals surface area contributed by atoms with E-state index in [4.69, 9.17) is 15.9 Å². The highest BCUT2D eigenvalue weighted by Crippen LogP contribution is 2.00. The summed E-state index contributed by atoms with van der Waals surface area (Å²) in [5, 5.41) is 17.7. The van der Waals surface area contributed by atoms with E-state index < -0.39 is 24.0 Å². The number of carboxylic acids is 2. The van der Waals surface area contributed by atoms with Gasteiger partial charge in [0, 0.05) is 0 Å². The third-order valence-corrected chi connectivity index (χ3v) is 2.38. The molecular formula is C10H21N3O4. The summed E-state index contributed by atoms with van der Waals surface area (Å²) >= 11 is 0. The van der Waals surface area contributed by atoms with E-state index in [1.54, 1.807) is 6.92 Å². The van der Waals surface area contributed by atoms with Gasteiger partial charge in [0.2, 0.25) is 0 Å². The van der Waals surface area contributed by atoms with Crippen molar-refractivity contribution in [2.45, 2.75) is 44.7 Å². The Bertz CT molecular complexity index is 248. The number of nitrogens with one attached hydrogen (secondary N) is 2. The van der Waals surface area contributed by atoms with Crippen LogP contribution in [0.25, 0.3) is 0 Å². The van der Waals surface area contributed by atoms with Gasteiger partial charge in [0.05, 0.1) is 0 Å². The molecule has 0 fully saturated rings. The van der Waals surface area contributed by atoms with Gasteiger partial charge in [-0.1, -0.05) is 6.92 Å². The van der Waals surface area contributed by atoms with Crippen LogP contribution in [-0.2, 0) is 9.59 Å². The summed E-state index contributed by atoms with van der Waals surface area (Å²) in [4.78, 5) is 21.6. The van der Waals surface area contributed by atoms with E-state index in [1.165, 1.54) is 0 Å². The molecule has 0 spiro atoms. The molecule has 0 amide bonds. The number of unbranched alkanes of at least 4 members (excludes halogenated alkanes) is 1. The van der Waals surface area contributed by atoms with E-state index in [0.717, 1.165) is 6.42 Å². The van der Waals surface area contributed by atoms with Crippen molar-refractivity contribution in [3.63, 3.8) is 0 Å². The van der Waals surface area contributed by atoms with Crippen molar-refractivity contribution in [1.29, 1.82) is 0 Å². The predicted molar refractivity (Wildman–Crippen MR) is 62.3 cm³/mol. The number of carboxylic acid groups (broad SMARTS) is 2. The number of rotatable bonds is 10. The predicted octanol–water partition coefficient (Wildman–Crippen LogP) is -0.474. The quantitative estimate of drug-likeness (QED) is 0.261. The molecule has 7 nitrogen and oxygen atoms in total. The van der Waals surface area contributed by atoms with Gasteiger partial charge in [-0.25, -0.2) is 10.9 Å². The summed E-state index contributed by atoms with van der Waals surface area (Å²) < 4.78 is 0. The topological polar surface area (TPSA) is 125 Å². The molecule has 0 saturated heterocycles. The summed E-state index contributed by atoms with van der Waals surface area (Å²) in [5.74, 6) is -2.01. The smallest absolute Gasteiger partial charge is 0.322 e. The summed E-state index contributed by atoms with van der Waals surface area (Å²) in [6, 6.07) is -1.58. The van der Waals surface area contributed by atoms with Crippen molar-refractivity contribution in [2.24, 2.45) is 5.73 Å². The molecule has 0 radical (unpaired) electrons. The van der Waals surface area contributed by atoms with Crippen LogP contribution < -0.4 is 16.6 Å². The number of hydrogen-bond acceptors (Lipinski definition) is 5. The van der Waals surface area contributed by atoms with E-state index >= 15 is 0 Å². The van der Waals surface area contributed by atoms with E-state index in [-0.39, 0.29) is 0 Å². The van der Waals surface area contributed by atoms with Gasteiger partial charge in [-0.3, -0.25) is 9.59 Å². The molecule has 0 aliphatic carbocycles. The lowest BCUT2D eigenvalue weighted by atomic mass is 10.1. The molecule has 0 rings (SSSR count). The Hall–Kier alpha value is -1.18. The lowest BCUT2D eigenvalue weighted by molar-refractivity contribution is -0.143. The Morgan fingerprint density at radius 2 is 1.65 bits per heavy atom. The minimum Gasteiger partial charge on any atom is -0.480 e. The maximum atomic E-state index is 10.9. The molecule has 2 atom stereocenters. The molecule has 100 valence electrons. The third kappa shape index (κ3) is 6.88. The third-order valence-electron chi connectivity index (χ3n) is 2.38. The second-order valence-corrected chi connectivity index (χ2v) is 3.76. The summed E-state index contributed by atoms with van der Waals surface area (Å²) in [7, 11) is 0. The van der Waals surface area contributed by atoms with Gasteiger partial charge < -0.3 is 15.9 Å². The fourth-order valence-corrected chi connectivity index (χ4v) is 1.29. The first kappa shape index (κ1) is 15.8. The Morgan fingerprint density at radius 3 is 2.06 bits per heavy atom. The summed E-state index contributed by atoms with van der Waals surface area (Å²) in [6.45, 7) is 2.23. The zero-order valence-corrected chi connectivity index (χ0v) is 9.98. The van der Waals surface area contributed by atoms with Crippen LogP contribution in [0.5, 0.6) is 0 Å². The highest BCUT2D eigenvalue weighted by Gasteiger charge is 2.20. The molecule has 6 N–H and O–H groups in total. The maximum absolute atomic E-state index is 10.9. The molecule has 0 unspecified atom stereocenters. The monoisotopic (exact) mass is 247 g/mol. The molecule has 0 saturated carbocycles. The minimum atomic E-state index is -1.01. The summed E-state index contributed by atoms with van der Waals surface area (Å²) in [6.07, 6.45) is 2.22. The van der Waals surface area contributed by atoms with Crippen LogP contribution in [0, 0.1) is 0 Å². The second kappa shape index (κ2) is 8.91. The highest BCUT2D eigenvalue weighted by molar-refractivity contribution is 5.74. The number of hydrogen-bond donors (Lipinski definition) is 5. The SMILES string of the molecule is CC[C@H](NN[C@@H](CCCCN)C(=O)O)C(=O)O. The lowest BCUT2D eigenvalue weighted by Crippen LogP contribution is -2.52. The molecule has 0 aromatic rings. The van der Waals surface area contributed by atoms with Gasteiger partial charge in [0.25, 0.3) is 0 Å². The van der Waals surface area contributed by atoms with Gasteiger partial charge in [-0.15, -0.1) is 0 Å². The van der Waals surface area contributed by atoms with Crippen molar-refractivity contribution in [3.8, 4) is 0 Å². The average Bonchev–Trinajstić information content (AvgIpc) is 2.26. The standard InChI is InChI=1S/C10H21N3O4/c1-2-7(9(14)15)12-13-8(10(16)17)5-3-4-6-11/h7-8,12-13H,2-6,11H2,1H3,(H,14,15)(H,16,17)/t7-,8-/m0/s1. The van der Waals surface area contributed by atoms with Crippen LogP contribution in [0.3, 0.4) is 0 Å². The highest BCUT2D eigenvalue weighted by atomic mass is 16.4. The second-order valence-electron chi connectivity index (χ2n) is 3.76. The molecular weight excluding hydrogens is 226 g/mol. The van der Waals surface area contributed by atoms with Crippen LogP contribution in [-0.4, -0.2) is 40.8 Å². The van der Waals surface area contributed by atoms with Gasteiger partial charge in [-0.05, 0) is 32.2 Å². The van der Waals surface area contributed by atoms with E-state index in [1.807, 2.05) is 0 Å². The molecule has 0 aliphatic heterocycles. The largest absolute Gasteiger partial charge is 0.480 e. The normalized spacial score (nSPS) is 14.2. The number of carbonyl (C=O) groups is 2. The fraction of sp³-hybridized carbons (Fsp3) is 0.800. The van der Waals surface area contributed by atoms with E-state index in [9.17, 15) is 9.59 Å². The molecule has 17 heavy (non-hydrogen) atoms. The first-order chi connectivity index (χ1) is 8.02. The van der Waals surface area contributed by atoms with E-state index in [2.05, 4.69) is 10.9 Å². The van der Waals surface area contributed by atoms with Crippen LogP contribution in [0.4, 0.5) is 0 Å². The first-order valence-corrected chi connectivity index (χ1v) is 5.69. The molecule has 0 heterocycles. The van der Waals surface area contributed by atoms with Crippen LogP contribution in [0.2, 0.25) is 0 Å². The number of hydrazine groups is 1. The minimum absolute atomic E-state index is 0.372. The van der Waals surface area contributed by atoms with Crippen LogP contribution in [0.1, 0.15) is 32.6 Å². The van der Waals surface area contributed by atoms with E-state index in [0.29, 0.717) is 25.8 Å². The lowest BCUT2D eigenvalue weighted by Gasteiger charge is -2.18. The zero-order valence-electron chi connectivity index (χ0n) is 9.98. The first-order valence-electron chi connectivity index (χ1n) is 5.69. The van der Waals surface area contributed by atoms with Crippen LogP contribution >= 0.6 is 0 Å². The van der Waals surface area contributed by atoms with Gasteiger partial charge >= 0.3 is 11.9 Å². The molecule has 0 aromatic heterocycles. The number of aliphatic carboxylic acids is 2. The molecule has 0 aromatic carbocycles.